The van der Waals surface area contributed by atoms with Crippen LogP contribution in [0.3, 0.4) is 0 Å². The highest BCUT2D eigenvalue weighted by atomic mass is 16.5. The predicted octanol–water partition coefficient (Wildman–Crippen LogP) is 3.30. The average molecular weight is 489 g/mol. The number of benzene rings is 1. The number of hydrogen-bond donors (Lipinski definition) is 3. The number of guanidine groups is 2. The number of nitrogens with two attached hydrogens (primary N) is 2. The Kier molecular flexibility index (Phi) is 5.66. The lowest BCUT2D eigenvalue weighted by atomic mass is 9.86. The number of hydrogen-bond acceptors (Lipinski definition) is 8. The molecule has 0 bridgehead atoms. The van der Waals surface area contributed by atoms with E-state index >= 15 is 0 Å². The van der Waals surface area contributed by atoms with Crippen molar-refractivity contribution in [2.45, 2.75) is 44.7 Å². The number of aliphatic imine (C=N–C) groups is 2. The Morgan fingerprint density at radius 3 is 2.56 bits per heavy atom. The monoisotopic (exact) mass is 488 g/mol. The second-order valence-corrected chi connectivity index (χ2v) is 9.15. The largest absolute Gasteiger partial charge is 0.494 e. The van der Waals surface area contributed by atoms with Crippen molar-refractivity contribution in [3.63, 3.8) is 0 Å². The summed E-state index contributed by atoms with van der Waals surface area (Å²) in [6.45, 7) is 1.81. The van der Waals surface area contributed by atoms with Crippen LogP contribution >= 0.6 is 0 Å². The maximum absolute atomic E-state index is 13.7. The maximum atomic E-state index is 13.7. The highest BCUT2D eigenvalue weighted by Crippen LogP contribution is 2.41. The summed E-state index contributed by atoms with van der Waals surface area (Å²) < 4.78 is 7.30. The minimum Gasteiger partial charge on any atom is -0.494 e. The summed E-state index contributed by atoms with van der Waals surface area (Å²) in [7, 11) is 1.56. The van der Waals surface area contributed by atoms with Gasteiger partial charge in [0.25, 0.3) is 0 Å². The number of carboxylic acid groups (broad SMARTS) is 1. The number of carboxylic acids is 1. The van der Waals surface area contributed by atoms with Gasteiger partial charge in [-0.05, 0) is 62.9 Å². The van der Waals surface area contributed by atoms with E-state index in [0.29, 0.717) is 35.5 Å². The molecular formula is C26H28N6O4. The van der Waals surface area contributed by atoms with Gasteiger partial charge < -0.3 is 25.7 Å². The lowest BCUT2D eigenvalue weighted by Gasteiger charge is -2.46. The van der Waals surface area contributed by atoms with Gasteiger partial charge in [-0.25, -0.2) is 9.79 Å². The van der Waals surface area contributed by atoms with Gasteiger partial charge in [-0.15, -0.1) is 0 Å². The minimum absolute atomic E-state index is 0.0647. The number of ether oxygens (including phenoxy) is 1. The van der Waals surface area contributed by atoms with Crippen molar-refractivity contribution < 1.29 is 19.4 Å². The van der Waals surface area contributed by atoms with E-state index in [0.717, 1.165) is 24.8 Å². The van der Waals surface area contributed by atoms with Crippen LogP contribution < -0.4 is 21.1 Å². The molecule has 3 heterocycles. The number of carbonyl (C=O) groups excluding carboxylic acids is 1. The van der Waals surface area contributed by atoms with Crippen LogP contribution in [0.2, 0.25) is 0 Å². The van der Waals surface area contributed by atoms with Crippen molar-refractivity contribution in [1.29, 1.82) is 0 Å². The van der Waals surface area contributed by atoms with Crippen LogP contribution in [0.25, 0.3) is 5.52 Å². The first kappa shape index (κ1) is 23.4. The molecule has 1 aliphatic heterocycles. The van der Waals surface area contributed by atoms with Gasteiger partial charge in [0.15, 0.2) is 0 Å². The van der Waals surface area contributed by atoms with E-state index in [1.54, 1.807) is 34.7 Å². The molecule has 1 fully saturated rings. The number of ketones is 1. The maximum Gasteiger partial charge on any atom is 0.337 e. The molecule has 0 unspecified atom stereocenters. The summed E-state index contributed by atoms with van der Waals surface area (Å²) in [5, 5.41) is 10.2. The van der Waals surface area contributed by atoms with E-state index in [4.69, 9.17) is 16.2 Å². The predicted molar refractivity (Wildman–Crippen MR) is 137 cm³/mol. The van der Waals surface area contributed by atoms with Gasteiger partial charge in [-0.1, -0.05) is 12.5 Å². The molecule has 5 N–H and O–H groups in total. The van der Waals surface area contributed by atoms with Gasteiger partial charge >= 0.3 is 5.97 Å². The highest BCUT2D eigenvalue weighted by molar-refractivity contribution is 6.13. The van der Waals surface area contributed by atoms with Gasteiger partial charge in [0.05, 0.1) is 23.9 Å². The Hall–Kier alpha value is -4.34. The Balaban J connectivity index is 1.63. The standard InChI is InChI=1S/C26H28N6O4/c1-15-20(31-13-7-4-8-19(31)22(15)36-2)21(33)16-9-10-18(17(14-16)23(34)35)32-25(28)29-24(27)30-26(32)11-5-3-6-12-26/h4,7-10,13-14H,3,5-6,11-12H2,1-2H3,(H,34,35)(H4,27,28,29,30). The quantitative estimate of drug-likeness (QED) is 0.467. The molecule has 1 saturated carbocycles. The Labute approximate surface area is 207 Å². The molecule has 0 radical (unpaired) electrons. The second-order valence-electron chi connectivity index (χ2n) is 9.15. The molecule has 1 aromatic carbocycles. The fraction of sp³-hybridized carbons (Fsp3) is 0.308. The van der Waals surface area contributed by atoms with Crippen LogP contribution in [-0.4, -0.2) is 46.0 Å². The van der Waals surface area contributed by atoms with Crippen LogP contribution in [0.5, 0.6) is 5.75 Å². The number of rotatable bonds is 5. The molecule has 0 amide bonds. The van der Waals surface area contributed by atoms with Gasteiger partial charge in [-0.2, -0.15) is 4.99 Å². The first-order valence-electron chi connectivity index (χ1n) is 11.8. The number of anilines is 1. The molecular weight excluding hydrogens is 460 g/mol. The lowest BCUT2D eigenvalue weighted by Crippen LogP contribution is -2.58. The fourth-order valence-corrected chi connectivity index (χ4v) is 5.49. The van der Waals surface area contributed by atoms with Crippen molar-refractivity contribution in [1.82, 2.24) is 4.40 Å². The lowest BCUT2D eigenvalue weighted by molar-refractivity contribution is 0.0697. The molecule has 3 aromatic rings. The number of pyridine rings is 1. The third-order valence-electron chi connectivity index (χ3n) is 7.03. The molecule has 0 saturated heterocycles. The second kappa shape index (κ2) is 8.71. The number of carbonyl (C=O) groups is 2. The number of aromatic nitrogens is 1. The van der Waals surface area contributed by atoms with Crippen molar-refractivity contribution in [2.75, 3.05) is 12.0 Å². The Morgan fingerprint density at radius 2 is 1.86 bits per heavy atom. The van der Waals surface area contributed by atoms with E-state index in [-0.39, 0.29) is 28.8 Å². The van der Waals surface area contributed by atoms with Gasteiger partial charge in [-0.3, -0.25) is 9.69 Å². The molecule has 1 aliphatic carbocycles. The van der Waals surface area contributed by atoms with Crippen LogP contribution in [0.1, 0.15) is 64.1 Å². The summed E-state index contributed by atoms with van der Waals surface area (Å²) in [5.74, 6) is -0.736. The summed E-state index contributed by atoms with van der Waals surface area (Å²) >= 11 is 0. The molecule has 10 heteroatoms. The highest BCUT2D eigenvalue weighted by Gasteiger charge is 2.44. The summed E-state index contributed by atoms with van der Waals surface area (Å²) in [6.07, 6.45) is 5.97. The number of aromatic carboxylic acids is 1. The third-order valence-corrected chi connectivity index (χ3v) is 7.03. The van der Waals surface area contributed by atoms with Gasteiger partial charge in [0.2, 0.25) is 17.7 Å². The van der Waals surface area contributed by atoms with Crippen LogP contribution in [0, 0.1) is 6.92 Å². The topological polar surface area (TPSA) is 148 Å². The van der Waals surface area contributed by atoms with Crippen molar-refractivity contribution in [3.8, 4) is 5.75 Å². The van der Waals surface area contributed by atoms with Crippen molar-refractivity contribution in [2.24, 2.45) is 21.5 Å². The first-order valence-corrected chi connectivity index (χ1v) is 11.8. The molecule has 2 aromatic heterocycles. The minimum atomic E-state index is -1.18. The molecule has 2 aliphatic rings. The number of nitrogens with zero attached hydrogens (tertiary/aromatic N) is 4. The zero-order chi connectivity index (χ0) is 25.6. The molecule has 10 nitrogen and oxygen atoms in total. The van der Waals surface area contributed by atoms with E-state index in [1.807, 2.05) is 25.1 Å². The SMILES string of the molecule is COc1c(C)c(C(=O)c2ccc(N3C(N)=NC(N)=NC34CCCCC4)c(C(=O)O)c2)n2ccccc12. The van der Waals surface area contributed by atoms with Gasteiger partial charge in [0, 0.05) is 17.3 Å². The average Bonchev–Trinajstić information content (AvgIpc) is 3.14. The van der Waals surface area contributed by atoms with Gasteiger partial charge in [0.1, 0.15) is 17.1 Å². The smallest absolute Gasteiger partial charge is 0.337 e. The summed E-state index contributed by atoms with van der Waals surface area (Å²) in [5.41, 5.74) is 13.8. The van der Waals surface area contributed by atoms with Crippen molar-refractivity contribution >= 4 is 34.9 Å². The van der Waals surface area contributed by atoms with Crippen LogP contribution in [0.4, 0.5) is 5.69 Å². The van der Waals surface area contributed by atoms with E-state index in [9.17, 15) is 14.7 Å². The van der Waals surface area contributed by atoms with Crippen molar-refractivity contribution in [3.05, 3.63) is 65.0 Å². The molecule has 186 valence electrons. The summed E-state index contributed by atoms with van der Waals surface area (Å²) in [6, 6.07) is 10.2. The number of methoxy groups -OCH3 is 1. The van der Waals surface area contributed by atoms with E-state index < -0.39 is 11.6 Å². The fourth-order valence-electron chi connectivity index (χ4n) is 5.49. The molecule has 1 spiro atoms. The normalized spacial score (nSPS) is 17.1. The Morgan fingerprint density at radius 1 is 1.11 bits per heavy atom. The molecule has 5 rings (SSSR count). The third kappa shape index (κ3) is 3.57. The molecule has 0 atom stereocenters. The number of fused-ring (bicyclic) bond motifs is 1. The zero-order valence-electron chi connectivity index (χ0n) is 20.2. The Bertz CT molecular complexity index is 1450. The van der Waals surface area contributed by atoms with E-state index in [2.05, 4.69) is 9.98 Å². The zero-order valence-corrected chi connectivity index (χ0v) is 20.2. The van der Waals surface area contributed by atoms with Crippen LogP contribution in [-0.2, 0) is 0 Å². The summed E-state index contributed by atoms with van der Waals surface area (Å²) in [4.78, 5) is 36.6. The first-order chi connectivity index (χ1) is 17.3. The van der Waals surface area contributed by atoms with E-state index in [1.165, 1.54) is 6.07 Å². The van der Waals surface area contributed by atoms with Crippen LogP contribution in [0.15, 0.2) is 52.6 Å². The molecule has 36 heavy (non-hydrogen) atoms.